The van der Waals surface area contributed by atoms with Crippen LogP contribution in [-0.4, -0.2) is 22.7 Å². The van der Waals surface area contributed by atoms with Gasteiger partial charge in [0, 0.05) is 22.0 Å². The fraction of sp³-hybridized carbons (Fsp3) is 0.130. The second-order valence-corrected chi connectivity index (χ2v) is 7.81. The van der Waals surface area contributed by atoms with E-state index in [1.54, 1.807) is 0 Å². The fourth-order valence-corrected chi connectivity index (χ4v) is 4.16. The third-order valence-electron chi connectivity index (χ3n) is 5.14. The summed E-state index contributed by atoms with van der Waals surface area (Å²) in [4.78, 5) is 13.2. The van der Waals surface area contributed by atoms with Gasteiger partial charge >= 0.3 is 0 Å². The minimum atomic E-state index is -0.776. The van der Waals surface area contributed by atoms with Crippen LogP contribution in [0, 0.1) is 0 Å². The standard InChI is InChI=1S/C23H17BrN2O2/c24-17-11-12-21-18(13-17)20-14-19(15-7-3-1-4-8-15)25-26(20)23(28-21)22(27)16-9-5-2-6-10-16/h1-13,20,23H,14H2/t20-,23-/m1/s1. The number of halogens is 1. The molecule has 0 bridgehead atoms. The predicted octanol–water partition coefficient (Wildman–Crippen LogP) is 5.20. The lowest BCUT2D eigenvalue weighted by Crippen LogP contribution is -2.45. The number of benzene rings is 3. The van der Waals surface area contributed by atoms with Crippen molar-refractivity contribution in [3.8, 4) is 5.75 Å². The second kappa shape index (κ2) is 6.91. The van der Waals surface area contributed by atoms with Crippen LogP contribution in [0.4, 0.5) is 0 Å². The van der Waals surface area contributed by atoms with E-state index in [-0.39, 0.29) is 11.8 Å². The van der Waals surface area contributed by atoms with Gasteiger partial charge in [0.2, 0.25) is 5.78 Å². The van der Waals surface area contributed by atoms with Crippen LogP contribution < -0.4 is 4.74 Å². The number of hydrogen-bond donors (Lipinski definition) is 0. The molecule has 0 spiro atoms. The lowest BCUT2D eigenvalue weighted by atomic mass is 9.96. The molecular formula is C23H17BrN2O2. The third-order valence-corrected chi connectivity index (χ3v) is 5.63. The molecule has 0 radical (unpaired) electrons. The lowest BCUT2D eigenvalue weighted by Gasteiger charge is -2.37. The number of ether oxygens (including phenoxy) is 1. The molecule has 0 N–H and O–H groups in total. The molecule has 2 aliphatic rings. The highest BCUT2D eigenvalue weighted by Crippen LogP contribution is 2.44. The van der Waals surface area contributed by atoms with Crippen molar-refractivity contribution in [2.75, 3.05) is 0 Å². The molecule has 0 fully saturated rings. The first-order valence-electron chi connectivity index (χ1n) is 9.17. The summed E-state index contributed by atoms with van der Waals surface area (Å²) < 4.78 is 7.13. The summed E-state index contributed by atoms with van der Waals surface area (Å²) in [5.41, 5.74) is 3.70. The van der Waals surface area contributed by atoms with Crippen LogP contribution >= 0.6 is 15.9 Å². The molecule has 2 aliphatic heterocycles. The Morgan fingerprint density at radius 1 is 1.00 bits per heavy atom. The number of carbonyl (C=O) groups excluding carboxylic acids is 1. The topological polar surface area (TPSA) is 41.9 Å². The van der Waals surface area contributed by atoms with Crippen LogP contribution in [0.5, 0.6) is 5.75 Å². The maximum Gasteiger partial charge on any atom is 0.251 e. The number of hydrogen-bond acceptors (Lipinski definition) is 4. The van der Waals surface area contributed by atoms with Crippen molar-refractivity contribution in [2.45, 2.75) is 18.7 Å². The van der Waals surface area contributed by atoms with Crippen molar-refractivity contribution in [1.29, 1.82) is 0 Å². The van der Waals surface area contributed by atoms with Gasteiger partial charge < -0.3 is 4.74 Å². The Balaban J connectivity index is 1.59. The quantitative estimate of drug-likeness (QED) is 0.533. The minimum Gasteiger partial charge on any atom is -0.461 e. The van der Waals surface area contributed by atoms with Gasteiger partial charge in [-0.2, -0.15) is 5.10 Å². The molecule has 0 aliphatic carbocycles. The van der Waals surface area contributed by atoms with E-state index in [4.69, 9.17) is 9.84 Å². The van der Waals surface area contributed by atoms with Gasteiger partial charge in [0.05, 0.1) is 11.8 Å². The van der Waals surface area contributed by atoms with E-state index in [2.05, 4.69) is 22.0 Å². The monoisotopic (exact) mass is 432 g/mol. The highest BCUT2D eigenvalue weighted by molar-refractivity contribution is 9.10. The summed E-state index contributed by atoms with van der Waals surface area (Å²) in [7, 11) is 0. The zero-order chi connectivity index (χ0) is 19.1. The highest BCUT2D eigenvalue weighted by atomic mass is 79.9. The highest BCUT2D eigenvalue weighted by Gasteiger charge is 2.43. The maximum absolute atomic E-state index is 13.2. The molecule has 2 atom stereocenters. The number of nitrogens with zero attached hydrogens (tertiary/aromatic N) is 2. The number of hydrazone groups is 1. The summed E-state index contributed by atoms with van der Waals surface area (Å²) >= 11 is 3.55. The summed E-state index contributed by atoms with van der Waals surface area (Å²) in [6.45, 7) is 0. The smallest absolute Gasteiger partial charge is 0.251 e. The van der Waals surface area contributed by atoms with Gasteiger partial charge in [0.1, 0.15) is 5.75 Å². The zero-order valence-electron chi connectivity index (χ0n) is 15.0. The Hall–Kier alpha value is -2.92. The molecular weight excluding hydrogens is 416 g/mol. The van der Waals surface area contributed by atoms with Crippen LogP contribution in [0.3, 0.4) is 0 Å². The molecule has 0 saturated carbocycles. The molecule has 3 aromatic rings. The molecule has 0 aromatic heterocycles. The van der Waals surface area contributed by atoms with Crippen molar-refractivity contribution < 1.29 is 9.53 Å². The van der Waals surface area contributed by atoms with E-state index in [9.17, 15) is 4.79 Å². The van der Waals surface area contributed by atoms with Crippen molar-refractivity contribution in [3.63, 3.8) is 0 Å². The SMILES string of the molecule is O=C(c1ccccc1)[C@H]1Oc2ccc(Br)cc2[C@H]2CC(c3ccccc3)=NN12. The van der Waals surface area contributed by atoms with Gasteiger partial charge in [-0.15, -0.1) is 0 Å². The summed E-state index contributed by atoms with van der Waals surface area (Å²) in [5.74, 6) is 0.653. The summed E-state index contributed by atoms with van der Waals surface area (Å²) in [6, 6.07) is 25.2. The Kier molecular flexibility index (Phi) is 4.24. The Morgan fingerprint density at radius 2 is 1.71 bits per heavy atom. The van der Waals surface area contributed by atoms with Gasteiger partial charge in [-0.05, 0) is 23.8 Å². The van der Waals surface area contributed by atoms with Gasteiger partial charge in [-0.3, -0.25) is 4.79 Å². The largest absolute Gasteiger partial charge is 0.461 e. The molecule has 0 saturated heterocycles. The Morgan fingerprint density at radius 3 is 2.46 bits per heavy atom. The molecule has 138 valence electrons. The van der Waals surface area contributed by atoms with Crippen molar-refractivity contribution in [3.05, 3.63) is 100 Å². The van der Waals surface area contributed by atoms with Gasteiger partial charge in [-0.25, -0.2) is 5.01 Å². The number of rotatable bonds is 3. The number of Topliss-reactive ketones (excluding diaryl/α,β-unsaturated/α-hetero) is 1. The lowest BCUT2D eigenvalue weighted by molar-refractivity contribution is -0.00459. The second-order valence-electron chi connectivity index (χ2n) is 6.90. The number of ketones is 1. The maximum atomic E-state index is 13.2. The van der Waals surface area contributed by atoms with Crippen molar-refractivity contribution in [2.24, 2.45) is 5.10 Å². The van der Waals surface area contributed by atoms with Crippen LogP contribution in [0.2, 0.25) is 0 Å². The number of fused-ring (bicyclic) bond motifs is 3. The first-order chi connectivity index (χ1) is 13.7. The Bertz CT molecular complexity index is 1070. The van der Waals surface area contributed by atoms with Gasteiger partial charge in [0.25, 0.3) is 6.23 Å². The van der Waals surface area contributed by atoms with E-state index in [1.807, 2.05) is 77.8 Å². The molecule has 3 aromatic carbocycles. The van der Waals surface area contributed by atoms with E-state index in [0.29, 0.717) is 5.56 Å². The summed E-state index contributed by atoms with van der Waals surface area (Å²) in [6.07, 6.45) is -0.0441. The average molecular weight is 433 g/mol. The van der Waals surface area contributed by atoms with E-state index in [0.717, 1.165) is 33.5 Å². The molecule has 4 nitrogen and oxygen atoms in total. The zero-order valence-corrected chi connectivity index (χ0v) is 16.5. The van der Waals surface area contributed by atoms with Crippen LogP contribution in [0.25, 0.3) is 0 Å². The molecule has 0 unspecified atom stereocenters. The molecule has 5 rings (SSSR count). The van der Waals surface area contributed by atoms with Crippen LogP contribution in [-0.2, 0) is 0 Å². The number of carbonyl (C=O) groups is 1. The van der Waals surface area contributed by atoms with Crippen LogP contribution in [0.1, 0.15) is 33.9 Å². The molecule has 28 heavy (non-hydrogen) atoms. The average Bonchev–Trinajstić information content (AvgIpc) is 3.20. The Labute approximate surface area is 171 Å². The van der Waals surface area contributed by atoms with Crippen LogP contribution in [0.15, 0.2) is 88.4 Å². The third kappa shape index (κ3) is 2.92. The molecule has 0 amide bonds. The van der Waals surface area contributed by atoms with E-state index in [1.165, 1.54) is 0 Å². The molecule has 5 heteroatoms. The van der Waals surface area contributed by atoms with E-state index < -0.39 is 6.23 Å². The van der Waals surface area contributed by atoms with Crippen molar-refractivity contribution in [1.82, 2.24) is 5.01 Å². The first-order valence-corrected chi connectivity index (χ1v) is 9.96. The fourth-order valence-electron chi connectivity index (χ4n) is 3.78. The molecule has 2 heterocycles. The van der Waals surface area contributed by atoms with Gasteiger partial charge in [-0.1, -0.05) is 76.6 Å². The van der Waals surface area contributed by atoms with Gasteiger partial charge in [0.15, 0.2) is 0 Å². The first kappa shape index (κ1) is 17.2. The minimum absolute atomic E-state index is 0.0332. The van der Waals surface area contributed by atoms with E-state index >= 15 is 0 Å². The van der Waals surface area contributed by atoms with Crippen molar-refractivity contribution >= 4 is 27.4 Å². The normalized spacial score (nSPS) is 20.0. The predicted molar refractivity (Wildman–Crippen MR) is 112 cm³/mol. The summed E-state index contributed by atoms with van der Waals surface area (Å²) in [5, 5.41) is 6.65.